The van der Waals surface area contributed by atoms with Gasteiger partial charge in [-0.05, 0) is 24.3 Å². The smallest absolute Gasteiger partial charge is 0.279 e. The van der Waals surface area contributed by atoms with Gasteiger partial charge in [-0.3, -0.25) is 10.1 Å². The molecule has 0 saturated carbocycles. The van der Waals surface area contributed by atoms with E-state index >= 15 is 0 Å². The van der Waals surface area contributed by atoms with Crippen LogP contribution in [0.3, 0.4) is 0 Å². The van der Waals surface area contributed by atoms with E-state index in [9.17, 15) is 10.1 Å². The average Bonchev–Trinajstić information content (AvgIpc) is 3.02. The standard InChI is InChI=1S/C15H10N2O4/c18-17(19)15-7-6-12(21-11-4-2-1-3-5-11)8-13(15)14-9-20-10-16-14/h1-10H. The second-order valence-corrected chi connectivity index (χ2v) is 4.22. The second kappa shape index (κ2) is 5.46. The van der Waals surface area contributed by atoms with Crippen LogP contribution < -0.4 is 4.74 Å². The van der Waals surface area contributed by atoms with E-state index in [4.69, 9.17) is 9.15 Å². The van der Waals surface area contributed by atoms with Gasteiger partial charge >= 0.3 is 0 Å². The molecule has 0 amide bonds. The van der Waals surface area contributed by atoms with E-state index in [1.54, 1.807) is 24.3 Å². The molecule has 0 aliphatic rings. The van der Waals surface area contributed by atoms with E-state index in [0.717, 1.165) is 0 Å². The number of oxazole rings is 1. The first-order chi connectivity index (χ1) is 10.2. The van der Waals surface area contributed by atoms with E-state index in [0.29, 0.717) is 22.8 Å². The molecule has 3 rings (SSSR count). The monoisotopic (exact) mass is 282 g/mol. The maximum Gasteiger partial charge on any atom is 0.279 e. The van der Waals surface area contributed by atoms with Crippen molar-refractivity contribution in [2.24, 2.45) is 0 Å². The molecule has 6 nitrogen and oxygen atoms in total. The summed E-state index contributed by atoms with van der Waals surface area (Å²) in [6, 6.07) is 13.7. The zero-order valence-corrected chi connectivity index (χ0v) is 10.8. The van der Waals surface area contributed by atoms with Crippen molar-refractivity contribution < 1.29 is 14.1 Å². The van der Waals surface area contributed by atoms with Crippen molar-refractivity contribution in [3.63, 3.8) is 0 Å². The van der Waals surface area contributed by atoms with Gasteiger partial charge in [0.1, 0.15) is 23.5 Å². The Balaban J connectivity index is 2.01. The highest BCUT2D eigenvalue weighted by atomic mass is 16.6. The van der Waals surface area contributed by atoms with Crippen LogP contribution in [0.2, 0.25) is 0 Å². The number of hydrogen-bond acceptors (Lipinski definition) is 5. The normalized spacial score (nSPS) is 10.3. The van der Waals surface area contributed by atoms with E-state index < -0.39 is 4.92 Å². The SMILES string of the molecule is O=[N+]([O-])c1ccc(Oc2ccccc2)cc1-c1cocn1. The van der Waals surface area contributed by atoms with Gasteiger partial charge in [-0.1, -0.05) is 18.2 Å². The minimum Gasteiger partial charge on any atom is -0.457 e. The predicted octanol–water partition coefficient (Wildman–Crippen LogP) is 4.04. The van der Waals surface area contributed by atoms with E-state index in [1.165, 1.54) is 18.7 Å². The van der Waals surface area contributed by atoms with Crippen molar-refractivity contribution in [1.82, 2.24) is 4.98 Å². The van der Waals surface area contributed by atoms with Gasteiger partial charge in [0.2, 0.25) is 0 Å². The third kappa shape index (κ3) is 2.74. The number of nitro benzene ring substituents is 1. The van der Waals surface area contributed by atoms with E-state index in [-0.39, 0.29) is 5.69 Å². The first-order valence-electron chi connectivity index (χ1n) is 6.14. The molecule has 0 bridgehead atoms. The Morgan fingerprint density at radius 3 is 2.57 bits per heavy atom. The summed E-state index contributed by atoms with van der Waals surface area (Å²) in [5, 5.41) is 11.1. The van der Waals surface area contributed by atoms with Crippen molar-refractivity contribution in [1.29, 1.82) is 0 Å². The summed E-state index contributed by atoms with van der Waals surface area (Å²) < 4.78 is 10.6. The Morgan fingerprint density at radius 2 is 1.90 bits per heavy atom. The summed E-state index contributed by atoms with van der Waals surface area (Å²) in [6.07, 6.45) is 2.58. The van der Waals surface area contributed by atoms with Crippen molar-refractivity contribution >= 4 is 5.69 Å². The molecule has 0 fully saturated rings. The summed E-state index contributed by atoms with van der Waals surface area (Å²) in [6.45, 7) is 0. The molecule has 6 heteroatoms. The largest absolute Gasteiger partial charge is 0.457 e. The number of nitro groups is 1. The molecular formula is C15H10N2O4. The van der Waals surface area contributed by atoms with Gasteiger partial charge in [0.25, 0.3) is 5.69 Å². The number of aromatic nitrogens is 1. The summed E-state index contributed by atoms with van der Waals surface area (Å²) in [4.78, 5) is 14.6. The van der Waals surface area contributed by atoms with Gasteiger partial charge in [0.05, 0.1) is 10.5 Å². The first-order valence-corrected chi connectivity index (χ1v) is 6.14. The molecular weight excluding hydrogens is 272 g/mol. The lowest BCUT2D eigenvalue weighted by molar-refractivity contribution is -0.384. The first kappa shape index (κ1) is 12.9. The van der Waals surface area contributed by atoms with E-state index in [2.05, 4.69) is 4.98 Å². The summed E-state index contributed by atoms with van der Waals surface area (Å²) in [5.74, 6) is 1.14. The number of nitrogens with zero attached hydrogens (tertiary/aromatic N) is 2. The number of rotatable bonds is 4. The molecule has 2 aromatic carbocycles. The molecule has 0 aliphatic carbocycles. The van der Waals surface area contributed by atoms with Gasteiger partial charge in [-0.25, -0.2) is 4.98 Å². The van der Waals surface area contributed by atoms with Crippen molar-refractivity contribution in [2.75, 3.05) is 0 Å². The molecule has 21 heavy (non-hydrogen) atoms. The Labute approximate surface area is 119 Å². The molecule has 0 radical (unpaired) electrons. The van der Waals surface area contributed by atoms with Crippen LogP contribution in [0.4, 0.5) is 5.69 Å². The summed E-state index contributed by atoms with van der Waals surface area (Å²) in [5.41, 5.74) is 0.687. The lowest BCUT2D eigenvalue weighted by atomic mass is 10.1. The molecule has 0 N–H and O–H groups in total. The number of ether oxygens (including phenoxy) is 1. The Bertz CT molecular complexity index is 755. The lowest BCUT2D eigenvalue weighted by Gasteiger charge is -2.07. The van der Waals surface area contributed by atoms with Gasteiger partial charge in [-0.15, -0.1) is 0 Å². The fraction of sp³-hybridized carbons (Fsp3) is 0. The number of benzene rings is 2. The molecule has 0 aliphatic heterocycles. The Hall–Kier alpha value is -3.15. The Kier molecular flexibility index (Phi) is 3.34. The van der Waals surface area contributed by atoms with Crippen LogP contribution in [0.5, 0.6) is 11.5 Å². The molecule has 104 valence electrons. The van der Waals surface area contributed by atoms with Gasteiger partial charge in [0.15, 0.2) is 6.39 Å². The average molecular weight is 282 g/mol. The number of para-hydroxylation sites is 1. The second-order valence-electron chi connectivity index (χ2n) is 4.22. The van der Waals surface area contributed by atoms with Crippen LogP contribution in [0.1, 0.15) is 0 Å². The Morgan fingerprint density at radius 1 is 1.10 bits per heavy atom. The summed E-state index contributed by atoms with van der Waals surface area (Å²) >= 11 is 0. The van der Waals surface area contributed by atoms with Crippen molar-refractivity contribution in [2.45, 2.75) is 0 Å². The zero-order valence-electron chi connectivity index (χ0n) is 10.8. The summed E-state index contributed by atoms with van der Waals surface area (Å²) in [7, 11) is 0. The maximum atomic E-state index is 11.1. The van der Waals surface area contributed by atoms with Crippen LogP contribution in [-0.2, 0) is 0 Å². The molecule has 0 spiro atoms. The van der Waals surface area contributed by atoms with Crippen molar-refractivity contribution in [3.8, 4) is 22.8 Å². The van der Waals surface area contributed by atoms with Crippen LogP contribution >= 0.6 is 0 Å². The molecule has 0 atom stereocenters. The van der Waals surface area contributed by atoms with Gasteiger partial charge in [-0.2, -0.15) is 0 Å². The fourth-order valence-corrected chi connectivity index (χ4v) is 1.91. The van der Waals surface area contributed by atoms with Crippen LogP contribution in [0.15, 0.2) is 65.6 Å². The zero-order chi connectivity index (χ0) is 14.7. The topological polar surface area (TPSA) is 78.4 Å². The van der Waals surface area contributed by atoms with Crippen LogP contribution in [-0.4, -0.2) is 9.91 Å². The third-order valence-electron chi connectivity index (χ3n) is 2.85. The van der Waals surface area contributed by atoms with Crippen LogP contribution in [0.25, 0.3) is 11.3 Å². The lowest BCUT2D eigenvalue weighted by Crippen LogP contribution is -1.93. The highest BCUT2D eigenvalue weighted by Gasteiger charge is 2.18. The predicted molar refractivity (Wildman–Crippen MR) is 75.1 cm³/mol. The van der Waals surface area contributed by atoms with Gasteiger partial charge < -0.3 is 9.15 Å². The quantitative estimate of drug-likeness (QED) is 0.533. The molecule has 1 aromatic heterocycles. The highest BCUT2D eigenvalue weighted by molar-refractivity contribution is 5.71. The minimum atomic E-state index is -0.462. The number of hydrogen-bond donors (Lipinski definition) is 0. The van der Waals surface area contributed by atoms with Gasteiger partial charge in [0, 0.05) is 6.07 Å². The molecule has 3 aromatic rings. The fourth-order valence-electron chi connectivity index (χ4n) is 1.91. The maximum absolute atomic E-state index is 11.1. The molecule has 1 heterocycles. The van der Waals surface area contributed by atoms with Crippen LogP contribution in [0, 0.1) is 10.1 Å². The van der Waals surface area contributed by atoms with Crippen molar-refractivity contribution in [3.05, 3.63) is 71.3 Å². The van der Waals surface area contributed by atoms with E-state index in [1.807, 2.05) is 18.2 Å². The third-order valence-corrected chi connectivity index (χ3v) is 2.85. The highest BCUT2D eigenvalue weighted by Crippen LogP contribution is 2.33. The molecule has 0 unspecified atom stereocenters. The minimum absolute atomic E-state index is 0.0516. The molecule has 0 saturated heterocycles.